The molecule has 2 aromatic rings. The third kappa shape index (κ3) is 5.58. The molecule has 2 aromatic carbocycles. The summed E-state index contributed by atoms with van der Waals surface area (Å²) in [5, 5.41) is 0.757. The molecule has 2 amide bonds. The zero-order valence-electron chi connectivity index (χ0n) is 20.3. The second kappa shape index (κ2) is 11.4. The van der Waals surface area contributed by atoms with Gasteiger partial charge in [0.05, 0.1) is 6.61 Å². The molecular weight excluding hydrogens is 481 g/mol. The van der Waals surface area contributed by atoms with Crippen LogP contribution in [0.1, 0.15) is 56.9 Å². The minimum Gasteiger partial charge on any atom is -0.493 e. The summed E-state index contributed by atoms with van der Waals surface area (Å²) in [6.07, 6.45) is 9.11. The van der Waals surface area contributed by atoms with E-state index < -0.39 is 0 Å². The van der Waals surface area contributed by atoms with E-state index in [0.717, 1.165) is 61.8 Å². The average Bonchev–Trinajstić information content (AvgIpc) is 3.53. The van der Waals surface area contributed by atoms with Gasteiger partial charge >= 0.3 is 6.03 Å². The van der Waals surface area contributed by atoms with Crippen molar-refractivity contribution in [2.45, 2.75) is 62.8 Å². The summed E-state index contributed by atoms with van der Waals surface area (Å²) in [6.45, 7) is 2.91. The van der Waals surface area contributed by atoms with Crippen molar-refractivity contribution >= 4 is 35.7 Å². The van der Waals surface area contributed by atoms with Gasteiger partial charge in [-0.1, -0.05) is 36.6 Å². The molecule has 5 rings (SSSR count). The number of anilines is 1. The number of nitrogens with zero attached hydrogens (tertiary/aromatic N) is 2. The lowest BCUT2D eigenvalue weighted by atomic mass is 9.68. The van der Waals surface area contributed by atoms with Crippen LogP contribution in [0.2, 0.25) is 5.02 Å². The van der Waals surface area contributed by atoms with Crippen LogP contribution in [0.15, 0.2) is 48.5 Å². The Morgan fingerprint density at radius 3 is 2.37 bits per heavy atom. The molecule has 0 atom stereocenters. The molecule has 1 heterocycles. The molecular formula is C28H37Cl2N3O2. The molecule has 5 nitrogen and oxygen atoms in total. The van der Waals surface area contributed by atoms with Gasteiger partial charge in [-0.3, -0.25) is 4.90 Å². The average molecular weight is 519 g/mol. The van der Waals surface area contributed by atoms with Gasteiger partial charge < -0.3 is 15.4 Å². The van der Waals surface area contributed by atoms with Gasteiger partial charge in [-0.2, -0.15) is 0 Å². The number of amides is 2. The summed E-state index contributed by atoms with van der Waals surface area (Å²) in [4.78, 5) is 17.3. The van der Waals surface area contributed by atoms with Crippen LogP contribution >= 0.6 is 24.0 Å². The van der Waals surface area contributed by atoms with Gasteiger partial charge in [0.25, 0.3) is 0 Å². The molecule has 190 valence electrons. The third-order valence-corrected chi connectivity index (χ3v) is 8.57. The zero-order valence-corrected chi connectivity index (χ0v) is 21.9. The van der Waals surface area contributed by atoms with Crippen molar-refractivity contribution in [3.05, 3.63) is 59.1 Å². The molecule has 1 saturated heterocycles. The van der Waals surface area contributed by atoms with Gasteiger partial charge in [-0.25, -0.2) is 4.79 Å². The number of benzene rings is 2. The molecule has 2 N–H and O–H groups in total. The predicted molar refractivity (Wildman–Crippen MR) is 145 cm³/mol. The lowest BCUT2D eigenvalue weighted by Crippen LogP contribution is -2.46. The number of hydrogen-bond acceptors (Lipinski definition) is 3. The summed E-state index contributed by atoms with van der Waals surface area (Å²) >= 11 is 6.26. The van der Waals surface area contributed by atoms with Crippen molar-refractivity contribution in [3.63, 3.8) is 0 Å². The maximum absolute atomic E-state index is 13.3. The van der Waals surface area contributed by atoms with Crippen molar-refractivity contribution in [1.82, 2.24) is 4.90 Å². The van der Waals surface area contributed by atoms with E-state index in [4.69, 9.17) is 22.1 Å². The minimum atomic E-state index is -0.0435. The Morgan fingerprint density at radius 2 is 1.71 bits per heavy atom. The Kier molecular flexibility index (Phi) is 8.51. The third-order valence-electron chi connectivity index (χ3n) is 8.33. The smallest absolute Gasteiger partial charge is 0.324 e. The number of carbonyl (C=O) groups is 1. The van der Waals surface area contributed by atoms with Gasteiger partial charge in [-0.05, 0) is 86.4 Å². The lowest BCUT2D eigenvalue weighted by molar-refractivity contribution is 0.156. The number of ether oxygens (including phenoxy) is 1. The van der Waals surface area contributed by atoms with E-state index in [0.29, 0.717) is 12.5 Å². The van der Waals surface area contributed by atoms with Crippen LogP contribution in [-0.2, 0) is 5.41 Å². The fourth-order valence-electron chi connectivity index (χ4n) is 6.14. The lowest BCUT2D eigenvalue weighted by Gasteiger charge is -2.42. The largest absolute Gasteiger partial charge is 0.493 e. The molecule has 1 aliphatic heterocycles. The first-order valence-corrected chi connectivity index (χ1v) is 13.2. The van der Waals surface area contributed by atoms with Gasteiger partial charge in [0.1, 0.15) is 5.75 Å². The molecule has 35 heavy (non-hydrogen) atoms. The second-order valence-corrected chi connectivity index (χ2v) is 10.7. The van der Waals surface area contributed by atoms with Crippen LogP contribution < -0.4 is 15.4 Å². The van der Waals surface area contributed by atoms with E-state index in [9.17, 15) is 4.79 Å². The first-order valence-electron chi connectivity index (χ1n) is 12.9. The summed E-state index contributed by atoms with van der Waals surface area (Å²) in [6, 6.07) is 16.5. The van der Waals surface area contributed by atoms with Crippen LogP contribution in [0.4, 0.5) is 10.5 Å². The molecule has 3 aliphatic rings. The van der Waals surface area contributed by atoms with E-state index in [1.807, 2.05) is 41.3 Å². The highest BCUT2D eigenvalue weighted by molar-refractivity contribution is 6.30. The Bertz CT molecular complexity index is 986. The quantitative estimate of drug-likeness (QED) is 0.461. The number of halogens is 2. The van der Waals surface area contributed by atoms with Gasteiger partial charge in [0.15, 0.2) is 0 Å². The van der Waals surface area contributed by atoms with Crippen LogP contribution in [0.3, 0.4) is 0 Å². The summed E-state index contributed by atoms with van der Waals surface area (Å²) in [7, 11) is 0. The normalized spacial score (nSPS) is 25.1. The Hall–Kier alpha value is -1.95. The molecule has 2 saturated carbocycles. The maximum Gasteiger partial charge on any atom is 0.324 e. The topological polar surface area (TPSA) is 58.8 Å². The number of carbonyl (C=O) groups excluding carboxylic acids is 1. The van der Waals surface area contributed by atoms with Gasteiger partial charge in [0, 0.05) is 41.8 Å². The summed E-state index contributed by atoms with van der Waals surface area (Å²) in [5.41, 5.74) is 8.41. The molecule has 0 spiro atoms. The first-order chi connectivity index (χ1) is 16.6. The van der Waals surface area contributed by atoms with Crippen LogP contribution in [-0.4, -0.2) is 43.2 Å². The van der Waals surface area contributed by atoms with Gasteiger partial charge in [-0.15, -0.1) is 12.4 Å². The fourth-order valence-corrected chi connectivity index (χ4v) is 6.33. The van der Waals surface area contributed by atoms with Crippen molar-refractivity contribution in [2.24, 2.45) is 11.7 Å². The van der Waals surface area contributed by atoms with Gasteiger partial charge in [0.2, 0.25) is 0 Å². The fraction of sp³-hybridized carbons (Fsp3) is 0.536. The van der Waals surface area contributed by atoms with Crippen LogP contribution in [0.5, 0.6) is 5.75 Å². The molecule has 3 fully saturated rings. The Balaban J connectivity index is 0.00000289. The van der Waals surface area contributed by atoms with Crippen LogP contribution in [0, 0.1) is 5.92 Å². The highest BCUT2D eigenvalue weighted by Crippen LogP contribution is 2.41. The standard InChI is InChI=1S/C28H36ClN3O2.ClH/c29-23-7-3-6-22(18-23)28(20-30)14-12-25(13-15-28)32-17-16-31(27(32)33)24-8-10-26(11-9-24)34-19-21-4-1-2-5-21;/h3,6-11,18,21,25H,1-2,4-5,12-17,19-20,30H2;1H/t25-,28+;. The van der Waals surface area contributed by atoms with E-state index in [-0.39, 0.29) is 29.9 Å². The SMILES string of the molecule is Cl.NC[C@]1(c2cccc(Cl)c2)CC[C@@H](N2CCN(c3ccc(OCC4CCCC4)cc3)C2=O)CC1. The number of hydrogen-bond donors (Lipinski definition) is 1. The van der Waals surface area contributed by atoms with Crippen molar-refractivity contribution < 1.29 is 9.53 Å². The second-order valence-electron chi connectivity index (χ2n) is 10.3. The highest BCUT2D eigenvalue weighted by atomic mass is 35.5. The van der Waals surface area contributed by atoms with Crippen LogP contribution in [0.25, 0.3) is 0 Å². The molecule has 0 unspecified atom stereocenters. The number of rotatable bonds is 7. The Labute approximate surface area is 220 Å². The van der Waals surface area contributed by atoms with E-state index >= 15 is 0 Å². The molecule has 0 radical (unpaired) electrons. The first kappa shape index (κ1) is 26.1. The summed E-state index contributed by atoms with van der Waals surface area (Å²) in [5.74, 6) is 1.59. The van der Waals surface area contributed by atoms with E-state index in [1.54, 1.807) is 0 Å². The minimum absolute atomic E-state index is 0. The number of nitrogens with two attached hydrogens (primary N) is 1. The van der Waals surface area contributed by atoms with Crippen molar-refractivity contribution in [2.75, 3.05) is 31.1 Å². The maximum atomic E-state index is 13.3. The molecule has 2 aliphatic carbocycles. The van der Waals surface area contributed by atoms with E-state index in [2.05, 4.69) is 17.0 Å². The predicted octanol–water partition coefficient (Wildman–Crippen LogP) is 6.41. The monoisotopic (exact) mass is 517 g/mol. The zero-order chi connectivity index (χ0) is 23.5. The van der Waals surface area contributed by atoms with Crippen molar-refractivity contribution in [1.29, 1.82) is 0 Å². The number of urea groups is 1. The molecule has 7 heteroatoms. The molecule has 0 bridgehead atoms. The highest BCUT2D eigenvalue weighted by Gasteiger charge is 2.41. The summed E-state index contributed by atoms with van der Waals surface area (Å²) < 4.78 is 5.99. The van der Waals surface area contributed by atoms with Crippen molar-refractivity contribution in [3.8, 4) is 5.75 Å². The van der Waals surface area contributed by atoms with E-state index in [1.165, 1.54) is 31.2 Å². The molecule has 0 aromatic heterocycles. The Morgan fingerprint density at radius 1 is 1.00 bits per heavy atom.